The minimum absolute atomic E-state index is 0.220. The van der Waals surface area contributed by atoms with Crippen LogP contribution in [0.15, 0.2) is 61.2 Å². The first-order valence-corrected chi connectivity index (χ1v) is 10.4. The van der Waals surface area contributed by atoms with Crippen LogP contribution in [0, 0.1) is 0 Å². The molecule has 1 amide bonds. The van der Waals surface area contributed by atoms with E-state index >= 15 is 0 Å². The number of hydrogen-bond donors (Lipinski definition) is 4. The fraction of sp³-hybridized carbons (Fsp3) is 0.130. The van der Waals surface area contributed by atoms with Crippen LogP contribution < -0.4 is 10.8 Å². The fourth-order valence-electron chi connectivity index (χ4n) is 3.70. The molecule has 2 aromatic carbocycles. The number of aromatic nitrogens is 6. The van der Waals surface area contributed by atoms with Crippen LogP contribution >= 0.6 is 0 Å². The van der Waals surface area contributed by atoms with Gasteiger partial charge in [-0.05, 0) is 24.6 Å². The number of fused-ring (bicyclic) bond motifs is 2. The lowest BCUT2D eigenvalue weighted by Crippen LogP contribution is -2.18. The van der Waals surface area contributed by atoms with E-state index in [4.69, 9.17) is 15.2 Å². The van der Waals surface area contributed by atoms with Crippen LogP contribution in [-0.2, 0) is 0 Å². The molecule has 0 fully saturated rings. The van der Waals surface area contributed by atoms with E-state index in [1.165, 1.54) is 6.33 Å². The smallest absolute Gasteiger partial charge is 0.274 e. The molecule has 10 heteroatoms. The Balaban J connectivity index is 1.58. The molecule has 0 aliphatic rings. The zero-order valence-corrected chi connectivity index (χ0v) is 17.6. The molecule has 164 valence electrons. The molecule has 0 radical (unpaired) electrons. The van der Waals surface area contributed by atoms with Gasteiger partial charge in [-0.2, -0.15) is 0 Å². The maximum Gasteiger partial charge on any atom is 0.274 e. The third-order valence-electron chi connectivity index (χ3n) is 5.39. The normalized spacial score (nSPS) is 12.1. The number of aromatic amines is 1. The van der Waals surface area contributed by atoms with Crippen molar-refractivity contribution in [1.29, 1.82) is 0 Å². The Kier molecular flexibility index (Phi) is 5.33. The SMILES string of the molecule is CC[C@H](Nc1ncnc2[nH]cnc12)c1nc(-c2ccc(C(=O)NO)cc2)c2ccccc2n1. The number of H-pyrrole nitrogens is 1. The molecule has 10 nitrogen and oxygen atoms in total. The lowest BCUT2D eigenvalue weighted by molar-refractivity contribution is 0.0706. The summed E-state index contributed by atoms with van der Waals surface area (Å²) in [6, 6.07) is 14.4. The van der Waals surface area contributed by atoms with Gasteiger partial charge < -0.3 is 10.3 Å². The number of para-hydroxylation sites is 1. The van der Waals surface area contributed by atoms with E-state index in [0.29, 0.717) is 34.8 Å². The van der Waals surface area contributed by atoms with Gasteiger partial charge in [0.2, 0.25) is 0 Å². The molecule has 1 atom stereocenters. The summed E-state index contributed by atoms with van der Waals surface area (Å²) >= 11 is 0. The molecule has 0 unspecified atom stereocenters. The second kappa shape index (κ2) is 8.60. The Hall–Kier alpha value is -4.44. The van der Waals surface area contributed by atoms with Crippen LogP contribution in [0.3, 0.4) is 0 Å². The molecular formula is C23H20N8O2. The molecule has 3 aromatic heterocycles. The molecule has 0 bridgehead atoms. The van der Waals surface area contributed by atoms with Crippen LogP contribution in [0.5, 0.6) is 0 Å². The number of hydroxylamine groups is 1. The molecular weight excluding hydrogens is 420 g/mol. The summed E-state index contributed by atoms with van der Waals surface area (Å²) in [6.45, 7) is 2.04. The van der Waals surface area contributed by atoms with Crippen LogP contribution in [0.2, 0.25) is 0 Å². The lowest BCUT2D eigenvalue weighted by atomic mass is 10.0. The predicted molar refractivity (Wildman–Crippen MR) is 123 cm³/mol. The van der Waals surface area contributed by atoms with Gasteiger partial charge in [0.1, 0.15) is 11.8 Å². The number of carbonyl (C=O) groups is 1. The summed E-state index contributed by atoms with van der Waals surface area (Å²) in [5, 5.41) is 13.2. The first kappa shape index (κ1) is 20.5. The van der Waals surface area contributed by atoms with Crippen molar-refractivity contribution in [1.82, 2.24) is 35.4 Å². The van der Waals surface area contributed by atoms with Gasteiger partial charge in [0.25, 0.3) is 5.91 Å². The molecule has 0 aliphatic carbocycles. The average Bonchev–Trinajstić information content (AvgIpc) is 3.36. The van der Waals surface area contributed by atoms with Gasteiger partial charge in [-0.15, -0.1) is 0 Å². The number of rotatable bonds is 6. The van der Waals surface area contributed by atoms with E-state index in [0.717, 1.165) is 22.2 Å². The quantitative estimate of drug-likeness (QED) is 0.232. The molecule has 3 heterocycles. The highest BCUT2D eigenvalue weighted by Gasteiger charge is 2.19. The van der Waals surface area contributed by atoms with Crippen molar-refractivity contribution >= 4 is 33.8 Å². The third-order valence-corrected chi connectivity index (χ3v) is 5.39. The van der Waals surface area contributed by atoms with Crippen LogP contribution in [0.25, 0.3) is 33.3 Å². The summed E-state index contributed by atoms with van der Waals surface area (Å²) in [4.78, 5) is 37.2. The highest BCUT2D eigenvalue weighted by atomic mass is 16.5. The summed E-state index contributed by atoms with van der Waals surface area (Å²) < 4.78 is 0. The fourth-order valence-corrected chi connectivity index (χ4v) is 3.70. The maximum atomic E-state index is 11.7. The van der Waals surface area contributed by atoms with Crippen molar-refractivity contribution in [2.45, 2.75) is 19.4 Å². The Morgan fingerprint density at radius 1 is 1.06 bits per heavy atom. The van der Waals surface area contributed by atoms with Gasteiger partial charge in [-0.1, -0.05) is 37.3 Å². The van der Waals surface area contributed by atoms with Crippen LogP contribution in [0.1, 0.15) is 35.6 Å². The summed E-state index contributed by atoms with van der Waals surface area (Å²) in [6.07, 6.45) is 3.77. The van der Waals surface area contributed by atoms with E-state index in [1.807, 2.05) is 31.2 Å². The van der Waals surface area contributed by atoms with Crippen LogP contribution in [-0.4, -0.2) is 41.0 Å². The van der Waals surface area contributed by atoms with Crippen molar-refractivity contribution in [2.75, 3.05) is 5.32 Å². The Morgan fingerprint density at radius 3 is 2.67 bits per heavy atom. The highest BCUT2D eigenvalue weighted by molar-refractivity contribution is 5.95. The van der Waals surface area contributed by atoms with Gasteiger partial charge in [-0.3, -0.25) is 10.0 Å². The molecule has 4 N–H and O–H groups in total. The van der Waals surface area contributed by atoms with E-state index < -0.39 is 5.91 Å². The molecule has 33 heavy (non-hydrogen) atoms. The standard InChI is InChI=1S/C23H20N8O2/c1-2-16(28-22-19-21(25-11-24-19)26-12-27-22)20-29-17-6-4-3-5-15(17)18(30-20)13-7-9-14(10-8-13)23(32)31-33/h3-12,16,33H,2H2,1H3,(H,31,32)(H2,24,25,26,27,28)/t16-/m0/s1. The molecule has 5 aromatic rings. The number of imidazole rings is 1. The van der Waals surface area contributed by atoms with E-state index in [-0.39, 0.29) is 6.04 Å². The Labute approximate surface area is 188 Å². The lowest BCUT2D eigenvalue weighted by Gasteiger charge is -2.18. The second-order valence-corrected chi connectivity index (χ2v) is 7.39. The topological polar surface area (TPSA) is 142 Å². The number of nitrogens with one attached hydrogen (secondary N) is 3. The number of amides is 1. The van der Waals surface area contributed by atoms with Gasteiger partial charge in [0.05, 0.1) is 23.6 Å². The number of anilines is 1. The van der Waals surface area contributed by atoms with Crippen molar-refractivity contribution < 1.29 is 10.0 Å². The number of nitrogens with zero attached hydrogens (tertiary/aromatic N) is 5. The molecule has 0 spiro atoms. The molecule has 0 aliphatic heterocycles. The van der Waals surface area contributed by atoms with Gasteiger partial charge in [-0.25, -0.2) is 30.4 Å². The van der Waals surface area contributed by atoms with E-state index in [2.05, 4.69) is 25.3 Å². The van der Waals surface area contributed by atoms with E-state index in [9.17, 15) is 4.79 Å². The monoisotopic (exact) mass is 440 g/mol. The zero-order chi connectivity index (χ0) is 22.8. The first-order chi connectivity index (χ1) is 16.2. The van der Waals surface area contributed by atoms with Crippen molar-refractivity contribution in [3.8, 4) is 11.3 Å². The molecule has 0 saturated heterocycles. The summed E-state index contributed by atoms with van der Waals surface area (Å²) in [5.74, 6) is 0.649. The minimum Gasteiger partial charge on any atom is -0.358 e. The highest BCUT2D eigenvalue weighted by Crippen LogP contribution is 2.30. The van der Waals surface area contributed by atoms with Crippen molar-refractivity contribution in [3.63, 3.8) is 0 Å². The minimum atomic E-state index is -0.570. The zero-order valence-electron chi connectivity index (χ0n) is 17.6. The van der Waals surface area contributed by atoms with Gasteiger partial charge in [0, 0.05) is 16.5 Å². The maximum absolute atomic E-state index is 11.7. The molecule has 0 saturated carbocycles. The van der Waals surface area contributed by atoms with E-state index in [1.54, 1.807) is 36.1 Å². The first-order valence-electron chi connectivity index (χ1n) is 10.4. The third kappa shape index (κ3) is 3.83. The number of benzene rings is 2. The Morgan fingerprint density at radius 2 is 1.88 bits per heavy atom. The van der Waals surface area contributed by atoms with Crippen molar-refractivity contribution in [2.24, 2.45) is 0 Å². The van der Waals surface area contributed by atoms with Crippen molar-refractivity contribution in [3.05, 3.63) is 72.6 Å². The molecule has 5 rings (SSSR count). The number of carbonyl (C=O) groups excluding carboxylic acids is 1. The largest absolute Gasteiger partial charge is 0.358 e. The van der Waals surface area contributed by atoms with Gasteiger partial charge in [0.15, 0.2) is 17.3 Å². The second-order valence-electron chi connectivity index (χ2n) is 7.39. The predicted octanol–water partition coefficient (Wildman–Crippen LogP) is 3.65. The average molecular weight is 440 g/mol. The van der Waals surface area contributed by atoms with Gasteiger partial charge >= 0.3 is 0 Å². The summed E-state index contributed by atoms with van der Waals surface area (Å²) in [5.41, 5.74) is 5.67. The number of hydrogen-bond acceptors (Lipinski definition) is 8. The Bertz CT molecular complexity index is 1450. The van der Waals surface area contributed by atoms with Crippen LogP contribution in [0.4, 0.5) is 5.82 Å². The summed E-state index contributed by atoms with van der Waals surface area (Å²) in [7, 11) is 0.